The molecule has 5 nitrogen and oxygen atoms in total. The van der Waals surface area contributed by atoms with E-state index in [2.05, 4.69) is 22.1 Å². The van der Waals surface area contributed by atoms with Crippen LogP contribution in [-0.4, -0.2) is 36.1 Å². The Hall–Kier alpha value is -2.63. The molecule has 2 aliphatic rings. The van der Waals surface area contributed by atoms with Crippen LogP contribution in [0.2, 0.25) is 0 Å². The molecule has 0 unspecified atom stereocenters. The van der Waals surface area contributed by atoms with Crippen molar-refractivity contribution in [2.75, 3.05) is 18.6 Å². The molecule has 0 radical (unpaired) electrons. The predicted molar refractivity (Wildman–Crippen MR) is 106 cm³/mol. The number of pyridine rings is 1. The number of carbonyl (C=O) groups is 1. The zero-order chi connectivity index (χ0) is 19.7. The summed E-state index contributed by atoms with van der Waals surface area (Å²) in [6.07, 6.45) is 6.31. The summed E-state index contributed by atoms with van der Waals surface area (Å²) in [5.41, 5.74) is 1.89. The van der Waals surface area contributed by atoms with Crippen LogP contribution < -0.4 is 15.0 Å². The number of rotatable bonds is 6. The minimum atomic E-state index is -0.350. The van der Waals surface area contributed by atoms with E-state index in [0.717, 1.165) is 30.6 Å². The molecule has 1 saturated heterocycles. The molecule has 1 aliphatic carbocycles. The van der Waals surface area contributed by atoms with Crippen LogP contribution >= 0.6 is 0 Å². The van der Waals surface area contributed by atoms with Crippen LogP contribution in [0, 0.1) is 5.82 Å². The van der Waals surface area contributed by atoms with Gasteiger partial charge in [0.05, 0.1) is 7.11 Å². The van der Waals surface area contributed by atoms with Crippen molar-refractivity contribution in [2.24, 2.45) is 0 Å². The van der Waals surface area contributed by atoms with Crippen LogP contribution in [0.1, 0.15) is 48.7 Å². The lowest BCUT2D eigenvalue weighted by Crippen LogP contribution is -2.39. The normalized spacial score (nSPS) is 20.1. The SMILES string of the molecule is COc1ccc(F)cc1CC1(NC(=O)c2cc(N3CCC[C@H]3C)ccn2)CC1. The highest BCUT2D eigenvalue weighted by Gasteiger charge is 2.45. The van der Waals surface area contributed by atoms with Gasteiger partial charge < -0.3 is 15.0 Å². The Morgan fingerprint density at radius 1 is 1.36 bits per heavy atom. The molecule has 0 bridgehead atoms. The molecule has 1 aromatic carbocycles. The van der Waals surface area contributed by atoms with E-state index in [1.807, 2.05) is 12.1 Å². The van der Waals surface area contributed by atoms with E-state index in [1.54, 1.807) is 19.4 Å². The van der Waals surface area contributed by atoms with E-state index in [1.165, 1.54) is 25.0 Å². The van der Waals surface area contributed by atoms with Crippen molar-refractivity contribution in [1.29, 1.82) is 0 Å². The summed E-state index contributed by atoms with van der Waals surface area (Å²) in [6, 6.07) is 8.81. The number of nitrogens with one attached hydrogen (secondary N) is 1. The number of amides is 1. The summed E-state index contributed by atoms with van der Waals surface area (Å²) < 4.78 is 19.0. The van der Waals surface area contributed by atoms with Crippen molar-refractivity contribution in [3.63, 3.8) is 0 Å². The van der Waals surface area contributed by atoms with Gasteiger partial charge in [-0.2, -0.15) is 0 Å². The third kappa shape index (κ3) is 3.81. The molecular formula is C22H26FN3O2. The summed E-state index contributed by atoms with van der Waals surface area (Å²) in [6.45, 7) is 3.22. The van der Waals surface area contributed by atoms with Crippen LogP contribution in [0.25, 0.3) is 0 Å². The maximum atomic E-state index is 13.7. The number of hydrogen-bond acceptors (Lipinski definition) is 4. The topological polar surface area (TPSA) is 54.5 Å². The Labute approximate surface area is 164 Å². The number of halogens is 1. The Morgan fingerprint density at radius 2 is 2.18 bits per heavy atom. The average molecular weight is 383 g/mol. The molecule has 0 spiro atoms. The molecule has 1 atom stereocenters. The molecular weight excluding hydrogens is 357 g/mol. The number of anilines is 1. The predicted octanol–water partition coefficient (Wildman–Crippen LogP) is 3.72. The van der Waals surface area contributed by atoms with Gasteiger partial charge in [0.1, 0.15) is 17.3 Å². The third-order valence-corrected chi connectivity index (χ3v) is 5.86. The first kappa shape index (κ1) is 18.7. The first-order valence-electron chi connectivity index (χ1n) is 9.87. The van der Waals surface area contributed by atoms with E-state index in [9.17, 15) is 9.18 Å². The fourth-order valence-electron chi connectivity index (χ4n) is 4.09. The molecule has 2 aromatic rings. The molecule has 2 heterocycles. The second-order valence-electron chi connectivity index (χ2n) is 7.95. The monoisotopic (exact) mass is 383 g/mol. The van der Waals surface area contributed by atoms with Gasteiger partial charge in [-0.15, -0.1) is 0 Å². The fourth-order valence-corrected chi connectivity index (χ4v) is 4.09. The molecule has 1 aliphatic heterocycles. The van der Waals surface area contributed by atoms with E-state index >= 15 is 0 Å². The fraction of sp³-hybridized carbons (Fsp3) is 0.455. The van der Waals surface area contributed by atoms with Gasteiger partial charge in [0.15, 0.2) is 0 Å². The van der Waals surface area contributed by atoms with Gasteiger partial charge in [-0.25, -0.2) is 4.39 Å². The van der Waals surface area contributed by atoms with Crippen LogP contribution in [0.15, 0.2) is 36.5 Å². The summed E-state index contributed by atoms with van der Waals surface area (Å²) in [5.74, 6) is 0.165. The van der Waals surface area contributed by atoms with Crippen molar-refractivity contribution in [3.05, 3.63) is 53.6 Å². The lowest BCUT2D eigenvalue weighted by molar-refractivity contribution is 0.0926. The molecule has 4 rings (SSSR count). The zero-order valence-corrected chi connectivity index (χ0v) is 16.4. The van der Waals surface area contributed by atoms with Crippen molar-refractivity contribution in [3.8, 4) is 5.75 Å². The minimum absolute atomic E-state index is 0.179. The average Bonchev–Trinajstić information content (AvgIpc) is 3.29. The molecule has 6 heteroatoms. The number of hydrogen-bond donors (Lipinski definition) is 1. The van der Waals surface area contributed by atoms with Crippen molar-refractivity contribution >= 4 is 11.6 Å². The van der Waals surface area contributed by atoms with Crippen LogP contribution in [-0.2, 0) is 6.42 Å². The summed E-state index contributed by atoms with van der Waals surface area (Å²) in [7, 11) is 1.57. The Kier molecular flexibility index (Phi) is 4.96. The summed E-state index contributed by atoms with van der Waals surface area (Å²) >= 11 is 0. The van der Waals surface area contributed by atoms with E-state index in [0.29, 0.717) is 23.9 Å². The molecule has 1 amide bonds. The van der Waals surface area contributed by atoms with Crippen molar-refractivity contribution in [2.45, 2.75) is 50.6 Å². The maximum Gasteiger partial charge on any atom is 0.270 e. The third-order valence-electron chi connectivity index (χ3n) is 5.86. The van der Waals surface area contributed by atoms with E-state index in [4.69, 9.17) is 4.74 Å². The number of nitrogens with zero attached hydrogens (tertiary/aromatic N) is 2. The summed E-state index contributed by atoms with van der Waals surface area (Å²) in [5, 5.41) is 3.13. The van der Waals surface area contributed by atoms with Crippen molar-refractivity contribution < 1.29 is 13.9 Å². The van der Waals surface area contributed by atoms with E-state index in [-0.39, 0.29) is 17.3 Å². The first-order valence-corrected chi connectivity index (χ1v) is 9.87. The van der Waals surface area contributed by atoms with Gasteiger partial charge in [-0.05, 0) is 74.9 Å². The number of methoxy groups -OCH3 is 1. The Balaban J connectivity index is 1.49. The Bertz CT molecular complexity index is 882. The maximum absolute atomic E-state index is 13.7. The quantitative estimate of drug-likeness (QED) is 0.826. The van der Waals surface area contributed by atoms with Gasteiger partial charge in [-0.1, -0.05) is 0 Å². The Morgan fingerprint density at radius 3 is 2.86 bits per heavy atom. The number of ether oxygens (including phenoxy) is 1. The van der Waals surface area contributed by atoms with Crippen molar-refractivity contribution in [1.82, 2.24) is 10.3 Å². The second kappa shape index (κ2) is 7.41. The van der Waals surface area contributed by atoms with Gasteiger partial charge >= 0.3 is 0 Å². The lowest BCUT2D eigenvalue weighted by Gasteiger charge is -2.24. The highest BCUT2D eigenvalue weighted by molar-refractivity contribution is 5.94. The number of aromatic nitrogens is 1. The summed E-state index contributed by atoms with van der Waals surface area (Å²) in [4.78, 5) is 19.5. The highest BCUT2D eigenvalue weighted by Crippen LogP contribution is 2.41. The largest absolute Gasteiger partial charge is 0.496 e. The molecule has 28 heavy (non-hydrogen) atoms. The number of carbonyl (C=O) groups excluding carboxylic acids is 1. The smallest absolute Gasteiger partial charge is 0.270 e. The second-order valence-corrected chi connectivity index (χ2v) is 7.95. The highest BCUT2D eigenvalue weighted by atomic mass is 19.1. The van der Waals surface area contributed by atoms with Gasteiger partial charge in [0, 0.05) is 30.0 Å². The van der Waals surface area contributed by atoms with Gasteiger partial charge in [0.25, 0.3) is 5.91 Å². The standard InChI is InChI=1S/C22H26FN3O2/c1-15-4-3-11-26(15)18-7-10-24-19(13-18)21(27)25-22(8-9-22)14-16-12-17(23)5-6-20(16)28-2/h5-7,10,12-13,15H,3-4,8-9,11,14H2,1-2H3,(H,25,27)/t15-/m1/s1. The van der Waals surface area contributed by atoms with Crippen LogP contribution in [0.3, 0.4) is 0 Å². The lowest BCUT2D eigenvalue weighted by atomic mass is 10.0. The van der Waals surface area contributed by atoms with Crippen LogP contribution in [0.4, 0.5) is 10.1 Å². The van der Waals surface area contributed by atoms with Gasteiger partial charge in [0.2, 0.25) is 0 Å². The molecule has 2 fully saturated rings. The van der Waals surface area contributed by atoms with Gasteiger partial charge in [-0.3, -0.25) is 9.78 Å². The molecule has 1 N–H and O–H groups in total. The molecule has 1 aromatic heterocycles. The van der Waals surface area contributed by atoms with Crippen LogP contribution in [0.5, 0.6) is 5.75 Å². The number of benzene rings is 1. The van der Waals surface area contributed by atoms with E-state index < -0.39 is 0 Å². The molecule has 1 saturated carbocycles. The molecule has 148 valence electrons. The first-order chi connectivity index (χ1) is 13.5. The zero-order valence-electron chi connectivity index (χ0n) is 16.4. The minimum Gasteiger partial charge on any atom is -0.496 e.